The predicted molar refractivity (Wildman–Crippen MR) is 68.6 cm³/mol. The third-order valence-corrected chi connectivity index (χ3v) is 2.64. The number of rotatable bonds is 3. The van der Waals surface area contributed by atoms with Crippen LogP contribution >= 0.6 is 0 Å². The van der Waals surface area contributed by atoms with Crippen LogP contribution in [0.2, 0.25) is 0 Å². The third kappa shape index (κ3) is 3.11. The van der Waals surface area contributed by atoms with Gasteiger partial charge in [0.25, 0.3) is 0 Å². The predicted octanol–water partition coefficient (Wildman–Crippen LogP) is 2.14. The molecule has 1 heterocycles. The van der Waals surface area contributed by atoms with Crippen LogP contribution in [0.1, 0.15) is 28.1 Å². The molecular weight excluding hydrogens is 210 g/mol. The zero-order valence-corrected chi connectivity index (χ0v) is 10.3. The molecule has 3 nitrogen and oxygen atoms in total. The van der Waals surface area contributed by atoms with E-state index >= 15 is 0 Å². The molecule has 1 aromatic heterocycles. The Balaban J connectivity index is 2.19. The van der Waals surface area contributed by atoms with Gasteiger partial charge in [-0.2, -0.15) is 0 Å². The molecule has 0 aliphatic carbocycles. The van der Waals surface area contributed by atoms with Gasteiger partial charge in [-0.25, -0.2) is 9.97 Å². The number of aryl methyl sites for hydroxylation is 2. The number of hydrogen-bond donors (Lipinski definition) is 1. The number of nitrogens with zero attached hydrogens (tertiary/aromatic N) is 2. The highest BCUT2D eigenvalue weighted by molar-refractivity contribution is 5.30. The Labute approximate surface area is 102 Å². The van der Waals surface area contributed by atoms with E-state index in [-0.39, 0.29) is 0 Å². The van der Waals surface area contributed by atoms with Crippen molar-refractivity contribution in [2.24, 2.45) is 5.73 Å². The fourth-order valence-corrected chi connectivity index (χ4v) is 1.93. The van der Waals surface area contributed by atoms with Crippen molar-refractivity contribution < 1.29 is 0 Å². The molecule has 0 saturated carbocycles. The second kappa shape index (κ2) is 5.06. The summed E-state index contributed by atoms with van der Waals surface area (Å²) in [5, 5.41) is 0. The van der Waals surface area contributed by atoms with Gasteiger partial charge in [0.2, 0.25) is 0 Å². The Morgan fingerprint density at radius 1 is 0.941 bits per heavy atom. The van der Waals surface area contributed by atoms with Gasteiger partial charge in [0.1, 0.15) is 5.82 Å². The van der Waals surface area contributed by atoms with E-state index < -0.39 is 0 Å². The highest BCUT2D eigenvalue weighted by Crippen LogP contribution is 2.11. The second-order valence-corrected chi connectivity index (χ2v) is 4.38. The summed E-state index contributed by atoms with van der Waals surface area (Å²) in [5.74, 6) is 0.840. The average molecular weight is 227 g/mol. The molecule has 0 fully saturated rings. The maximum atomic E-state index is 5.51. The highest BCUT2D eigenvalue weighted by Gasteiger charge is 2.01. The van der Waals surface area contributed by atoms with Crippen molar-refractivity contribution in [2.45, 2.75) is 26.8 Å². The van der Waals surface area contributed by atoms with Crippen molar-refractivity contribution in [3.63, 3.8) is 0 Å². The van der Waals surface area contributed by atoms with Crippen LogP contribution in [0.5, 0.6) is 0 Å². The SMILES string of the molecule is Cc1cc(C)cc(Cc2ncc(CN)cn2)c1. The molecule has 0 amide bonds. The average Bonchev–Trinajstić information content (AvgIpc) is 2.28. The fraction of sp³-hybridized carbons (Fsp3) is 0.286. The van der Waals surface area contributed by atoms with E-state index in [1.807, 2.05) is 0 Å². The van der Waals surface area contributed by atoms with Crippen LogP contribution in [0.4, 0.5) is 0 Å². The van der Waals surface area contributed by atoms with Crippen molar-refractivity contribution in [2.75, 3.05) is 0 Å². The van der Waals surface area contributed by atoms with Crippen molar-refractivity contribution in [3.8, 4) is 0 Å². The first-order valence-electron chi connectivity index (χ1n) is 5.74. The lowest BCUT2D eigenvalue weighted by Gasteiger charge is -2.04. The van der Waals surface area contributed by atoms with E-state index in [0.29, 0.717) is 6.54 Å². The van der Waals surface area contributed by atoms with E-state index in [9.17, 15) is 0 Å². The quantitative estimate of drug-likeness (QED) is 0.874. The summed E-state index contributed by atoms with van der Waals surface area (Å²) >= 11 is 0. The molecule has 0 saturated heterocycles. The van der Waals surface area contributed by atoms with E-state index in [4.69, 9.17) is 5.73 Å². The van der Waals surface area contributed by atoms with Crippen LogP contribution < -0.4 is 5.73 Å². The first-order valence-corrected chi connectivity index (χ1v) is 5.74. The van der Waals surface area contributed by atoms with E-state index in [0.717, 1.165) is 17.8 Å². The molecule has 0 bridgehead atoms. The van der Waals surface area contributed by atoms with Crippen molar-refractivity contribution in [1.82, 2.24) is 9.97 Å². The normalized spacial score (nSPS) is 10.5. The zero-order chi connectivity index (χ0) is 12.3. The van der Waals surface area contributed by atoms with E-state index in [2.05, 4.69) is 42.0 Å². The van der Waals surface area contributed by atoms with Crippen LogP contribution in [-0.2, 0) is 13.0 Å². The highest BCUT2D eigenvalue weighted by atomic mass is 14.9. The molecule has 17 heavy (non-hydrogen) atoms. The molecule has 2 N–H and O–H groups in total. The molecule has 0 unspecified atom stereocenters. The Bertz CT molecular complexity index is 483. The standard InChI is InChI=1S/C14H17N3/c1-10-3-11(2)5-12(4-10)6-14-16-8-13(7-15)9-17-14/h3-5,8-9H,6-7,15H2,1-2H3. The second-order valence-electron chi connectivity index (χ2n) is 4.38. The summed E-state index contributed by atoms with van der Waals surface area (Å²) in [6, 6.07) is 6.52. The number of nitrogens with two attached hydrogens (primary N) is 1. The molecule has 0 radical (unpaired) electrons. The van der Waals surface area contributed by atoms with Gasteiger partial charge in [0.15, 0.2) is 0 Å². The number of benzene rings is 1. The Kier molecular flexibility index (Phi) is 3.49. The van der Waals surface area contributed by atoms with Crippen LogP contribution in [-0.4, -0.2) is 9.97 Å². The van der Waals surface area contributed by atoms with Gasteiger partial charge in [0, 0.05) is 30.9 Å². The van der Waals surface area contributed by atoms with E-state index in [1.165, 1.54) is 16.7 Å². The summed E-state index contributed by atoms with van der Waals surface area (Å²) in [5.41, 5.74) is 10.3. The Morgan fingerprint density at radius 3 is 2.06 bits per heavy atom. The molecule has 2 aromatic rings. The molecule has 2 rings (SSSR count). The lowest BCUT2D eigenvalue weighted by Crippen LogP contribution is -2.02. The lowest BCUT2D eigenvalue weighted by atomic mass is 10.0. The number of aromatic nitrogens is 2. The summed E-state index contributed by atoms with van der Waals surface area (Å²) in [6.07, 6.45) is 4.36. The first-order chi connectivity index (χ1) is 8.17. The smallest absolute Gasteiger partial charge is 0.132 e. The maximum Gasteiger partial charge on any atom is 0.132 e. The molecule has 0 spiro atoms. The monoisotopic (exact) mass is 227 g/mol. The van der Waals surface area contributed by atoms with Crippen LogP contribution in [0.15, 0.2) is 30.6 Å². The van der Waals surface area contributed by atoms with Crippen LogP contribution in [0, 0.1) is 13.8 Å². The molecule has 0 atom stereocenters. The molecule has 1 aromatic carbocycles. The van der Waals surface area contributed by atoms with Gasteiger partial charge in [-0.15, -0.1) is 0 Å². The van der Waals surface area contributed by atoms with Gasteiger partial charge < -0.3 is 5.73 Å². The first kappa shape index (κ1) is 11.7. The van der Waals surface area contributed by atoms with Crippen molar-refractivity contribution >= 4 is 0 Å². The zero-order valence-electron chi connectivity index (χ0n) is 10.3. The fourth-order valence-electron chi connectivity index (χ4n) is 1.93. The van der Waals surface area contributed by atoms with E-state index in [1.54, 1.807) is 12.4 Å². The summed E-state index contributed by atoms with van der Waals surface area (Å²) in [4.78, 5) is 8.63. The molecule has 3 heteroatoms. The van der Waals surface area contributed by atoms with Gasteiger partial charge in [-0.1, -0.05) is 29.3 Å². The Hall–Kier alpha value is -1.74. The minimum Gasteiger partial charge on any atom is -0.326 e. The molecule has 88 valence electrons. The topological polar surface area (TPSA) is 51.8 Å². The van der Waals surface area contributed by atoms with Crippen molar-refractivity contribution in [1.29, 1.82) is 0 Å². The van der Waals surface area contributed by atoms with Crippen LogP contribution in [0.3, 0.4) is 0 Å². The van der Waals surface area contributed by atoms with Crippen molar-refractivity contribution in [3.05, 3.63) is 58.7 Å². The van der Waals surface area contributed by atoms with Gasteiger partial charge in [-0.3, -0.25) is 0 Å². The van der Waals surface area contributed by atoms with Gasteiger partial charge in [0.05, 0.1) is 0 Å². The Morgan fingerprint density at radius 2 is 1.53 bits per heavy atom. The largest absolute Gasteiger partial charge is 0.326 e. The molecular formula is C14H17N3. The van der Waals surface area contributed by atoms with Crippen LogP contribution in [0.25, 0.3) is 0 Å². The minimum atomic E-state index is 0.490. The lowest BCUT2D eigenvalue weighted by molar-refractivity contribution is 0.924. The van der Waals surface area contributed by atoms with Gasteiger partial charge in [-0.05, 0) is 19.4 Å². The van der Waals surface area contributed by atoms with Gasteiger partial charge >= 0.3 is 0 Å². The molecule has 0 aliphatic heterocycles. The third-order valence-electron chi connectivity index (χ3n) is 2.64. The summed E-state index contributed by atoms with van der Waals surface area (Å²) in [7, 11) is 0. The summed E-state index contributed by atoms with van der Waals surface area (Å²) in [6.45, 7) is 4.70. The maximum absolute atomic E-state index is 5.51. The molecule has 0 aliphatic rings. The number of hydrogen-bond acceptors (Lipinski definition) is 3. The summed E-state index contributed by atoms with van der Waals surface area (Å²) < 4.78 is 0. The minimum absolute atomic E-state index is 0.490.